The molecular formula is C27H33F3N4O6. The molecule has 2 aromatic rings. The summed E-state index contributed by atoms with van der Waals surface area (Å²) in [6.07, 6.45) is -2.37. The van der Waals surface area contributed by atoms with Gasteiger partial charge in [0.1, 0.15) is 23.7 Å². The number of amides is 1. The second-order valence-corrected chi connectivity index (χ2v) is 9.82. The molecule has 1 heterocycles. The Morgan fingerprint density at radius 3 is 2.33 bits per heavy atom. The Morgan fingerprint density at radius 2 is 1.73 bits per heavy atom. The highest BCUT2D eigenvalue weighted by Crippen LogP contribution is 2.38. The Labute approximate surface area is 230 Å². The van der Waals surface area contributed by atoms with E-state index in [0.717, 1.165) is 17.8 Å². The van der Waals surface area contributed by atoms with Crippen molar-refractivity contribution in [2.45, 2.75) is 44.0 Å². The van der Waals surface area contributed by atoms with E-state index in [1.807, 2.05) is 18.2 Å². The van der Waals surface area contributed by atoms with Crippen LogP contribution in [0.1, 0.15) is 31.2 Å². The maximum atomic E-state index is 13.3. The molecule has 0 spiro atoms. The number of ether oxygens (including phenoxy) is 3. The molecule has 1 saturated heterocycles. The maximum absolute atomic E-state index is 13.3. The summed E-state index contributed by atoms with van der Waals surface area (Å²) in [5.74, 6) is 1.34. The van der Waals surface area contributed by atoms with Crippen LogP contribution >= 0.6 is 0 Å². The van der Waals surface area contributed by atoms with E-state index in [1.165, 1.54) is 6.07 Å². The summed E-state index contributed by atoms with van der Waals surface area (Å²) in [5, 5.41) is 14.0. The highest BCUT2D eigenvalue weighted by Gasteiger charge is 2.38. The zero-order chi connectivity index (χ0) is 28.9. The lowest BCUT2D eigenvalue weighted by Crippen LogP contribution is -2.50. The van der Waals surface area contributed by atoms with E-state index in [9.17, 15) is 28.1 Å². The Kier molecular flexibility index (Phi) is 9.23. The molecule has 10 nitrogen and oxygen atoms in total. The number of nitro benzene ring substituents is 1. The van der Waals surface area contributed by atoms with Crippen LogP contribution < -0.4 is 19.7 Å². The van der Waals surface area contributed by atoms with Gasteiger partial charge in [-0.2, -0.15) is 13.2 Å². The first-order valence-corrected chi connectivity index (χ1v) is 13.1. The third kappa shape index (κ3) is 7.06. The number of methoxy groups -OCH3 is 2. The maximum Gasteiger partial charge on any atom is 0.423 e. The van der Waals surface area contributed by atoms with Gasteiger partial charge in [-0.25, -0.2) is 0 Å². The van der Waals surface area contributed by atoms with Crippen LogP contribution in [0, 0.1) is 10.1 Å². The first-order valence-electron chi connectivity index (χ1n) is 13.1. The summed E-state index contributed by atoms with van der Waals surface area (Å²) in [7, 11) is 3.21. The van der Waals surface area contributed by atoms with Gasteiger partial charge in [0.25, 0.3) is 5.69 Å². The normalized spacial score (nSPS) is 19.7. The highest BCUT2D eigenvalue weighted by atomic mass is 19.4. The monoisotopic (exact) mass is 566 g/mol. The van der Waals surface area contributed by atoms with Crippen molar-refractivity contribution >= 4 is 23.0 Å². The SMILES string of the molecule is COc1ccc(N2CCN(C(=O)COC3CCC(Nc4ccc([N+](=O)[O-])c(C(F)(F)F)c4)CC3)CC2)c(OC)c1. The first-order chi connectivity index (χ1) is 19.1. The fourth-order valence-electron chi connectivity index (χ4n) is 5.14. The third-order valence-electron chi connectivity index (χ3n) is 7.35. The lowest BCUT2D eigenvalue weighted by molar-refractivity contribution is -0.388. The van der Waals surface area contributed by atoms with Gasteiger partial charge in [0.15, 0.2) is 0 Å². The van der Waals surface area contributed by atoms with Crippen LogP contribution in [0.3, 0.4) is 0 Å². The number of carbonyl (C=O) groups excluding carboxylic acids is 1. The predicted molar refractivity (Wildman–Crippen MR) is 142 cm³/mol. The minimum absolute atomic E-state index is 0.0219. The molecule has 0 aromatic heterocycles. The Bertz CT molecular complexity index is 1200. The number of nitrogens with one attached hydrogen (secondary N) is 1. The van der Waals surface area contributed by atoms with Crippen molar-refractivity contribution in [2.75, 3.05) is 57.2 Å². The molecule has 218 valence electrons. The van der Waals surface area contributed by atoms with Crippen molar-refractivity contribution in [3.05, 3.63) is 52.1 Å². The van der Waals surface area contributed by atoms with Crippen LogP contribution in [0.15, 0.2) is 36.4 Å². The molecule has 0 radical (unpaired) electrons. The molecule has 2 fully saturated rings. The summed E-state index contributed by atoms with van der Waals surface area (Å²) >= 11 is 0. The van der Waals surface area contributed by atoms with E-state index in [4.69, 9.17) is 14.2 Å². The molecule has 1 saturated carbocycles. The quantitative estimate of drug-likeness (QED) is 0.343. The first kappa shape index (κ1) is 29.2. The molecule has 13 heteroatoms. The molecule has 40 heavy (non-hydrogen) atoms. The minimum atomic E-state index is -4.83. The van der Waals surface area contributed by atoms with Gasteiger partial charge in [0.05, 0.1) is 30.9 Å². The summed E-state index contributed by atoms with van der Waals surface area (Å²) in [5.41, 5.74) is -1.12. The van der Waals surface area contributed by atoms with Crippen LogP contribution in [-0.2, 0) is 15.7 Å². The number of nitro groups is 1. The van der Waals surface area contributed by atoms with Gasteiger partial charge in [-0.15, -0.1) is 0 Å². The number of hydrogen-bond acceptors (Lipinski definition) is 8. The zero-order valence-electron chi connectivity index (χ0n) is 22.4. The molecular weight excluding hydrogens is 533 g/mol. The standard InChI is InChI=1S/C27H33F3N4O6/c1-38-21-8-10-24(25(16-21)39-2)32-11-13-33(14-12-32)26(35)17-40-20-6-3-18(4-7-20)31-19-5-9-23(34(36)37)22(15-19)27(28,29)30/h5,8-10,15-16,18,20,31H,3-4,6-7,11-14,17H2,1-2H3. The average molecular weight is 567 g/mol. The Hall–Kier alpha value is -3.74. The zero-order valence-corrected chi connectivity index (χ0v) is 22.4. The third-order valence-corrected chi connectivity index (χ3v) is 7.35. The van der Waals surface area contributed by atoms with Gasteiger partial charge >= 0.3 is 6.18 Å². The lowest BCUT2D eigenvalue weighted by atomic mass is 9.92. The molecule has 0 bridgehead atoms. The number of piperazine rings is 1. The van der Waals surface area contributed by atoms with E-state index in [-0.39, 0.29) is 30.3 Å². The topological polar surface area (TPSA) is 106 Å². The van der Waals surface area contributed by atoms with Crippen LogP contribution in [0.4, 0.5) is 30.2 Å². The number of nitrogens with zero attached hydrogens (tertiary/aromatic N) is 3. The van der Waals surface area contributed by atoms with Crippen molar-refractivity contribution in [2.24, 2.45) is 0 Å². The number of anilines is 2. The second kappa shape index (κ2) is 12.6. The van der Waals surface area contributed by atoms with Crippen molar-refractivity contribution in [1.82, 2.24) is 4.90 Å². The van der Waals surface area contributed by atoms with Gasteiger partial charge in [-0.05, 0) is 49.9 Å². The molecule has 1 aliphatic heterocycles. The molecule has 1 N–H and O–H groups in total. The number of halogens is 3. The minimum Gasteiger partial charge on any atom is -0.497 e. The lowest BCUT2D eigenvalue weighted by Gasteiger charge is -2.37. The highest BCUT2D eigenvalue weighted by molar-refractivity contribution is 5.78. The number of benzene rings is 2. The van der Waals surface area contributed by atoms with Gasteiger partial charge in [0, 0.05) is 50.0 Å². The van der Waals surface area contributed by atoms with Crippen LogP contribution in [0.5, 0.6) is 11.5 Å². The van der Waals surface area contributed by atoms with Crippen molar-refractivity contribution in [3.8, 4) is 11.5 Å². The van der Waals surface area contributed by atoms with E-state index < -0.39 is 22.4 Å². The molecule has 1 amide bonds. The van der Waals surface area contributed by atoms with Crippen LogP contribution in [0.25, 0.3) is 0 Å². The number of hydrogen-bond donors (Lipinski definition) is 1. The Morgan fingerprint density at radius 1 is 1.02 bits per heavy atom. The van der Waals surface area contributed by atoms with Crippen LogP contribution in [0.2, 0.25) is 0 Å². The fourth-order valence-corrected chi connectivity index (χ4v) is 5.14. The molecule has 2 aliphatic rings. The molecule has 1 aliphatic carbocycles. The van der Waals surface area contributed by atoms with Gasteiger partial charge in [-0.1, -0.05) is 0 Å². The second-order valence-electron chi connectivity index (χ2n) is 9.82. The summed E-state index contributed by atoms with van der Waals surface area (Å²) in [4.78, 5) is 26.7. The van der Waals surface area contributed by atoms with E-state index in [0.29, 0.717) is 63.4 Å². The number of carbonyl (C=O) groups is 1. The predicted octanol–water partition coefficient (Wildman–Crippen LogP) is 4.72. The summed E-state index contributed by atoms with van der Waals surface area (Å²) in [6.45, 7) is 2.41. The molecule has 0 atom stereocenters. The molecule has 2 aromatic carbocycles. The number of rotatable bonds is 9. The smallest absolute Gasteiger partial charge is 0.423 e. The van der Waals surface area contributed by atoms with Gasteiger partial charge < -0.3 is 29.3 Å². The van der Waals surface area contributed by atoms with Crippen molar-refractivity contribution in [3.63, 3.8) is 0 Å². The largest absolute Gasteiger partial charge is 0.497 e. The van der Waals surface area contributed by atoms with Crippen molar-refractivity contribution < 1.29 is 37.1 Å². The van der Waals surface area contributed by atoms with E-state index >= 15 is 0 Å². The molecule has 0 unspecified atom stereocenters. The van der Waals surface area contributed by atoms with Gasteiger partial charge in [-0.3, -0.25) is 14.9 Å². The van der Waals surface area contributed by atoms with E-state index in [2.05, 4.69) is 10.2 Å². The summed E-state index contributed by atoms with van der Waals surface area (Å²) in [6, 6.07) is 8.50. The van der Waals surface area contributed by atoms with Crippen LogP contribution in [-0.4, -0.2) is 74.9 Å². The van der Waals surface area contributed by atoms with Gasteiger partial charge in [0.2, 0.25) is 5.91 Å². The Balaban J connectivity index is 1.21. The number of alkyl halides is 3. The van der Waals surface area contributed by atoms with Crippen molar-refractivity contribution in [1.29, 1.82) is 0 Å². The fraction of sp³-hybridized carbons (Fsp3) is 0.519. The van der Waals surface area contributed by atoms with E-state index in [1.54, 1.807) is 19.1 Å². The summed E-state index contributed by atoms with van der Waals surface area (Å²) < 4.78 is 56.4. The molecule has 4 rings (SSSR count). The average Bonchev–Trinajstić information content (AvgIpc) is 2.95.